The maximum Gasteiger partial charge on any atom is 0.161 e. The van der Waals surface area contributed by atoms with Crippen LogP contribution in [0.5, 0.6) is 0 Å². The van der Waals surface area contributed by atoms with E-state index >= 15 is 0 Å². The fourth-order valence-corrected chi connectivity index (χ4v) is 6.22. The second-order valence-electron chi connectivity index (χ2n) is 6.05. The van der Waals surface area contributed by atoms with Gasteiger partial charge in [0.05, 0.1) is 9.72 Å². The van der Waals surface area contributed by atoms with Gasteiger partial charge in [0, 0.05) is 32.9 Å². The molecule has 3 aliphatic rings. The number of allylic oxidation sites excluding steroid dienone is 2. The van der Waals surface area contributed by atoms with Crippen LogP contribution in [0.3, 0.4) is 0 Å². The molecule has 0 aromatic heterocycles. The molecule has 0 spiro atoms. The number of thioether (sulfide) groups is 1. The average molecular weight is 506 g/mol. The first-order chi connectivity index (χ1) is 11.1. The van der Waals surface area contributed by atoms with Crippen molar-refractivity contribution in [2.45, 2.75) is 36.9 Å². The highest BCUT2D eigenvalue weighted by molar-refractivity contribution is 14.1. The SMILES string of the molecule is O=C1CCCC2=C1C(c1cc(Br)c(F)cc1I)C1SCCC1=N2. The van der Waals surface area contributed by atoms with Gasteiger partial charge in [-0.15, -0.1) is 0 Å². The molecule has 0 radical (unpaired) electrons. The van der Waals surface area contributed by atoms with Gasteiger partial charge in [-0.25, -0.2) is 4.39 Å². The highest BCUT2D eigenvalue weighted by atomic mass is 127. The van der Waals surface area contributed by atoms with Crippen LogP contribution < -0.4 is 0 Å². The predicted octanol–water partition coefficient (Wildman–Crippen LogP) is 5.24. The molecular weight excluding hydrogens is 492 g/mol. The van der Waals surface area contributed by atoms with Crippen LogP contribution in [0.1, 0.15) is 37.2 Å². The Bertz CT molecular complexity index is 776. The summed E-state index contributed by atoms with van der Waals surface area (Å²) >= 11 is 7.37. The van der Waals surface area contributed by atoms with E-state index in [2.05, 4.69) is 38.5 Å². The monoisotopic (exact) mass is 505 g/mol. The number of hydrogen-bond donors (Lipinski definition) is 0. The molecule has 4 rings (SSSR count). The molecule has 1 fully saturated rings. The summed E-state index contributed by atoms with van der Waals surface area (Å²) < 4.78 is 15.2. The minimum atomic E-state index is -0.258. The molecule has 1 aromatic carbocycles. The maximum absolute atomic E-state index is 13.8. The summed E-state index contributed by atoms with van der Waals surface area (Å²) in [5.41, 5.74) is 4.13. The molecule has 0 bridgehead atoms. The number of fused-ring (bicyclic) bond motifs is 1. The van der Waals surface area contributed by atoms with E-state index in [1.807, 2.05) is 17.8 Å². The number of aliphatic imine (C=N–C) groups is 1. The maximum atomic E-state index is 13.8. The molecule has 0 N–H and O–H groups in total. The van der Waals surface area contributed by atoms with Gasteiger partial charge in [0.25, 0.3) is 0 Å². The van der Waals surface area contributed by atoms with Crippen LogP contribution in [0.2, 0.25) is 0 Å². The molecule has 1 aromatic rings. The summed E-state index contributed by atoms with van der Waals surface area (Å²) in [5, 5.41) is 0.224. The summed E-state index contributed by atoms with van der Waals surface area (Å²) in [4.78, 5) is 17.5. The van der Waals surface area contributed by atoms with Crippen molar-refractivity contribution in [1.29, 1.82) is 0 Å². The summed E-state index contributed by atoms with van der Waals surface area (Å²) in [7, 11) is 0. The van der Waals surface area contributed by atoms with Crippen LogP contribution in [0.25, 0.3) is 0 Å². The van der Waals surface area contributed by atoms with Gasteiger partial charge in [-0.3, -0.25) is 9.79 Å². The summed E-state index contributed by atoms with van der Waals surface area (Å²) in [5.74, 6) is 1.03. The summed E-state index contributed by atoms with van der Waals surface area (Å²) in [6.07, 6.45) is 3.38. The molecule has 2 nitrogen and oxygen atoms in total. The molecule has 6 heteroatoms. The Morgan fingerprint density at radius 1 is 1.30 bits per heavy atom. The predicted molar refractivity (Wildman–Crippen MR) is 104 cm³/mol. The van der Waals surface area contributed by atoms with E-state index < -0.39 is 0 Å². The highest BCUT2D eigenvalue weighted by Gasteiger charge is 2.43. The first-order valence-electron chi connectivity index (χ1n) is 7.66. The van der Waals surface area contributed by atoms with Gasteiger partial charge in [-0.05, 0) is 81.2 Å². The van der Waals surface area contributed by atoms with Crippen molar-refractivity contribution < 1.29 is 9.18 Å². The van der Waals surface area contributed by atoms with E-state index in [1.165, 1.54) is 5.71 Å². The fraction of sp³-hybridized carbons (Fsp3) is 0.412. The molecule has 120 valence electrons. The first kappa shape index (κ1) is 16.3. The lowest BCUT2D eigenvalue weighted by molar-refractivity contribution is -0.116. The number of halogens is 3. The number of ketones is 1. The highest BCUT2D eigenvalue weighted by Crippen LogP contribution is 2.48. The third kappa shape index (κ3) is 2.74. The second kappa shape index (κ2) is 6.26. The van der Waals surface area contributed by atoms with Crippen molar-refractivity contribution in [2.24, 2.45) is 4.99 Å². The summed E-state index contributed by atoms with van der Waals surface area (Å²) in [6.45, 7) is 0. The van der Waals surface area contributed by atoms with Gasteiger partial charge >= 0.3 is 0 Å². The third-order valence-corrected chi connectivity index (χ3v) is 7.56. The van der Waals surface area contributed by atoms with Crippen LogP contribution in [-0.4, -0.2) is 22.5 Å². The Hall–Kier alpha value is -0.210. The third-order valence-electron chi connectivity index (χ3n) is 4.68. The van der Waals surface area contributed by atoms with Crippen LogP contribution in [0, 0.1) is 9.39 Å². The Balaban J connectivity index is 1.91. The van der Waals surface area contributed by atoms with E-state index in [9.17, 15) is 9.18 Å². The Labute approximate surface area is 160 Å². The van der Waals surface area contributed by atoms with Gasteiger partial charge < -0.3 is 0 Å². The van der Waals surface area contributed by atoms with Crippen LogP contribution in [0.4, 0.5) is 4.39 Å². The molecule has 0 amide bonds. The van der Waals surface area contributed by atoms with E-state index in [0.29, 0.717) is 10.9 Å². The lowest BCUT2D eigenvalue weighted by atomic mass is 9.77. The summed E-state index contributed by atoms with van der Waals surface area (Å²) in [6, 6.07) is 3.41. The van der Waals surface area contributed by atoms with E-state index in [-0.39, 0.29) is 22.8 Å². The van der Waals surface area contributed by atoms with Crippen molar-refractivity contribution in [1.82, 2.24) is 0 Å². The molecule has 2 atom stereocenters. The number of Topliss-reactive ketones (excluding diaryl/α,β-unsaturated/α-hetero) is 1. The number of carbonyl (C=O) groups is 1. The van der Waals surface area contributed by atoms with Gasteiger partial charge in [0.15, 0.2) is 5.78 Å². The quantitative estimate of drug-likeness (QED) is 0.385. The second-order valence-corrected chi connectivity index (χ2v) is 9.31. The zero-order chi connectivity index (χ0) is 16.1. The zero-order valence-electron chi connectivity index (χ0n) is 12.2. The molecule has 1 aliphatic carbocycles. The van der Waals surface area contributed by atoms with Crippen LogP contribution in [0.15, 0.2) is 32.9 Å². The van der Waals surface area contributed by atoms with Gasteiger partial charge in [0.2, 0.25) is 0 Å². The van der Waals surface area contributed by atoms with Crippen molar-refractivity contribution in [2.75, 3.05) is 5.75 Å². The number of benzene rings is 1. The normalized spacial score (nSPS) is 26.9. The number of carbonyl (C=O) groups excluding carboxylic acids is 1. The smallest absolute Gasteiger partial charge is 0.161 e. The van der Waals surface area contributed by atoms with Crippen LogP contribution in [-0.2, 0) is 4.79 Å². The molecular formula is C17H14BrFINOS. The number of hydrogen-bond acceptors (Lipinski definition) is 3. The Kier molecular flexibility index (Phi) is 4.43. The topological polar surface area (TPSA) is 29.4 Å². The molecule has 2 unspecified atom stereocenters. The zero-order valence-corrected chi connectivity index (χ0v) is 16.8. The van der Waals surface area contributed by atoms with Gasteiger partial charge in [-0.2, -0.15) is 11.8 Å². The van der Waals surface area contributed by atoms with Crippen molar-refractivity contribution in [3.63, 3.8) is 0 Å². The van der Waals surface area contributed by atoms with Gasteiger partial charge in [-0.1, -0.05) is 0 Å². The minimum Gasteiger partial charge on any atom is -0.294 e. The molecule has 2 heterocycles. The largest absolute Gasteiger partial charge is 0.294 e. The van der Waals surface area contributed by atoms with Gasteiger partial charge in [0.1, 0.15) is 5.82 Å². The minimum absolute atomic E-state index is 0.0154. The average Bonchev–Trinajstić information content (AvgIpc) is 2.97. The lowest BCUT2D eigenvalue weighted by Gasteiger charge is -2.34. The van der Waals surface area contributed by atoms with E-state index in [4.69, 9.17) is 4.99 Å². The van der Waals surface area contributed by atoms with E-state index in [1.54, 1.807) is 6.07 Å². The van der Waals surface area contributed by atoms with E-state index in [0.717, 1.165) is 45.4 Å². The van der Waals surface area contributed by atoms with Crippen molar-refractivity contribution >= 4 is 61.8 Å². The lowest BCUT2D eigenvalue weighted by Crippen LogP contribution is -2.32. The first-order valence-corrected chi connectivity index (χ1v) is 10.6. The molecule has 0 saturated carbocycles. The van der Waals surface area contributed by atoms with Crippen molar-refractivity contribution in [3.8, 4) is 0 Å². The molecule has 1 saturated heterocycles. The van der Waals surface area contributed by atoms with Crippen molar-refractivity contribution in [3.05, 3.63) is 42.8 Å². The molecule has 23 heavy (non-hydrogen) atoms. The van der Waals surface area contributed by atoms with Crippen LogP contribution >= 0.6 is 50.3 Å². The fourth-order valence-electron chi connectivity index (χ4n) is 3.67. The molecule has 2 aliphatic heterocycles. The standard InChI is InChI=1S/C17H14BrFINOS/c18-9-6-8(11(20)7-10(9)19)15-16-12(2-1-3-14(16)22)21-13-4-5-23-17(13)15/h6-7,15,17H,1-5H2. The number of rotatable bonds is 1. The Morgan fingerprint density at radius 2 is 2.13 bits per heavy atom. The number of nitrogens with zero attached hydrogens (tertiary/aromatic N) is 1. The Morgan fingerprint density at radius 3 is 2.96 bits per heavy atom.